The molecule has 3 N–H and O–H groups in total. The first-order valence-corrected chi connectivity index (χ1v) is 5.63. The predicted octanol–water partition coefficient (Wildman–Crippen LogP) is 0.0172. The van der Waals surface area contributed by atoms with Crippen molar-refractivity contribution in [2.24, 2.45) is 0 Å². The average Bonchev–Trinajstić information content (AvgIpc) is 2.19. The van der Waals surface area contributed by atoms with Gasteiger partial charge in [0.2, 0.25) is 5.91 Å². The first-order chi connectivity index (χ1) is 8.11. The van der Waals surface area contributed by atoms with Crippen LogP contribution in [0.1, 0.15) is 27.2 Å². The molecular formula is C11H21N3O4. The number of nitrogens with zero attached hydrogens (tertiary/aromatic N) is 1. The minimum atomic E-state index is -0.972. The Kier molecular flexibility index (Phi) is 6.15. The van der Waals surface area contributed by atoms with Gasteiger partial charge in [-0.05, 0) is 20.8 Å². The number of nitrogens with one attached hydrogen (secondary N) is 2. The second kappa shape index (κ2) is 6.83. The highest BCUT2D eigenvalue weighted by atomic mass is 16.4. The number of hydrogen-bond acceptors (Lipinski definition) is 3. The number of amides is 3. The maximum atomic E-state index is 11.5. The van der Waals surface area contributed by atoms with Gasteiger partial charge < -0.3 is 20.6 Å². The summed E-state index contributed by atoms with van der Waals surface area (Å²) >= 11 is 0. The minimum Gasteiger partial charge on any atom is -0.481 e. The molecule has 0 aliphatic rings. The highest BCUT2D eigenvalue weighted by Gasteiger charge is 2.15. The van der Waals surface area contributed by atoms with Crippen LogP contribution in [-0.4, -0.2) is 53.6 Å². The summed E-state index contributed by atoms with van der Waals surface area (Å²) in [5.41, 5.74) is -0.350. The number of carbonyl (C=O) groups is 3. The lowest BCUT2D eigenvalue weighted by Crippen LogP contribution is -2.48. The van der Waals surface area contributed by atoms with Gasteiger partial charge in [-0.3, -0.25) is 9.59 Å². The monoisotopic (exact) mass is 259 g/mol. The zero-order valence-corrected chi connectivity index (χ0v) is 11.2. The first kappa shape index (κ1) is 16.2. The highest BCUT2D eigenvalue weighted by Crippen LogP contribution is 1.97. The summed E-state index contributed by atoms with van der Waals surface area (Å²) in [6, 6.07) is -0.472. The Bertz CT molecular complexity index is 323. The van der Waals surface area contributed by atoms with Crippen LogP contribution in [0.3, 0.4) is 0 Å². The van der Waals surface area contributed by atoms with Gasteiger partial charge in [-0.1, -0.05) is 0 Å². The molecule has 0 aromatic carbocycles. The summed E-state index contributed by atoms with van der Waals surface area (Å²) in [7, 11) is 1.47. The van der Waals surface area contributed by atoms with Crippen LogP contribution in [0.5, 0.6) is 0 Å². The molecule has 0 aliphatic carbocycles. The zero-order valence-electron chi connectivity index (χ0n) is 11.2. The van der Waals surface area contributed by atoms with Crippen molar-refractivity contribution < 1.29 is 19.5 Å². The molecule has 18 heavy (non-hydrogen) atoms. The fourth-order valence-corrected chi connectivity index (χ4v) is 1.12. The van der Waals surface area contributed by atoms with Crippen LogP contribution in [0.15, 0.2) is 0 Å². The Labute approximate surface area is 107 Å². The number of hydrogen-bond donors (Lipinski definition) is 3. The van der Waals surface area contributed by atoms with Gasteiger partial charge >= 0.3 is 12.0 Å². The molecule has 0 saturated heterocycles. The van der Waals surface area contributed by atoms with Crippen LogP contribution < -0.4 is 10.6 Å². The molecule has 0 aromatic heterocycles. The maximum Gasteiger partial charge on any atom is 0.317 e. The van der Waals surface area contributed by atoms with E-state index >= 15 is 0 Å². The van der Waals surface area contributed by atoms with Gasteiger partial charge in [0.1, 0.15) is 0 Å². The molecule has 0 atom stereocenters. The normalized spacial score (nSPS) is 10.7. The molecule has 0 bridgehead atoms. The van der Waals surface area contributed by atoms with E-state index in [4.69, 9.17) is 5.11 Å². The van der Waals surface area contributed by atoms with Gasteiger partial charge in [0.25, 0.3) is 0 Å². The van der Waals surface area contributed by atoms with E-state index in [-0.39, 0.29) is 31.0 Å². The molecule has 0 unspecified atom stereocenters. The maximum absolute atomic E-state index is 11.5. The Morgan fingerprint density at radius 1 is 1.22 bits per heavy atom. The lowest BCUT2D eigenvalue weighted by Gasteiger charge is -2.21. The number of rotatable bonds is 5. The molecule has 104 valence electrons. The minimum absolute atomic E-state index is 0.0993. The van der Waals surface area contributed by atoms with Crippen LogP contribution in [-0.2, 0) is 9.59 Å². The summed E-state index contributed by atoms with van der Waals surface area (Å²) < 4.78 is 0. The third-order valence-corrected chi connectivity index (χ3v) is 1.92. The number of urea groups is 1. The van der Waals surface area contributed by atoms with Crippen molar-refractivity contribution in [2.45, 2.75) is 32.7 Å². The fraction of sp³-hybridized carbons (Fsp3) is 0.727. The average molecular weight is 259 g/mol. The van der Waals surface area contributed by atoms with Crippen molar-refractivity contribution in [2.75, 3.05) is 20.1 Å². The highest BCUT2D eigenvalue weighted by molar-refractivity contribution is 5.84. The lowest BCUT2D eigenvalue weighted by molar-refractivity contribution is -0.137. The quantitative estimate of drug-likeness (QED) is 0.648. The van der Waals surface area contributed by atoms with E-state index in [2.05, 4.69) is 10.6 Å². The molecular weight excluding hydrogens is 238 g/mol. The third kappa shape index (κ3) is 8.37. The topological polar surface area (TPSA) is 98.7 Å². The van der Waals surface area contributed by atoms with E-state index < -0.39 is 12.0 Å². The van der Waals surface area contributed by atoms with Crippen LogP contribution in [0.4, 0.5) is 4.79 Å². The number of carboxylic acid groups (broad SMARTS) is 1. The van der Waals surface area contributed by atoms with E-state index in [1.165, 1.54) is 11.9 Å². The SMILES string of the molecule is CN(CCC(=O)O)C(=O)NCC(=O)NC(C)(C)C. The fourth-order valence-electron chi connectivity index (χ4n) is 1.12. The van der Waals surface area contributed by atoms with Crippen LogP contribution in [0.2, 0.25) is 0 Å². The van der Waals surface area contributed by atoms with Gasteiger partial charge in [-0.2, -0.15) is 0 Å². The van der Waals surface area contributed by atoms with Crippen LogP contribution >= 0.6 is 0 Å². The van der Waals surface area contributed by atoms with E-state index in [9.17, 15) is 14.4 Å². The van der Waals surface area contributed by atoms with Gasteiger partial charge in [0.15, 0.2) is 0 Å². The molecule has 0 saturated carbocycles. The molecule has 0 fully saturated rings. The summed E-state index contributed by atoms with van der Waals surface area (Å²) in [4.78, 5) is 34.4. The number of carboxylic acids is 1. The Morgan fingerprint density at radius 3 is 2.22 bits per heavy atom. The van der Waals surface area contributed by atoms with Crippen LogP contribution in [0, 0.1) is 0 Å². The smallest absolute Gasteiger partial charge is 0.317 e. The number of carbonyl (C=O) groups excluding carboxylic acids is 2. The largest absolute Gasteiger partial charge is 0.481 e. The first-order valence-electron chi connectivity index (χ1n) is 5.63. The zero-order chi connectivity index (χ0) is 14.3. The van der Waals surface area contributed by atoms with Gasteiger partial charge in [-0.15, -0.1) is 0 Å². The van der Waals surface area contributed by atoms with Crippen molar-refractivity contribution in [1.29, 1.82) is 0 Å². The van der Waals surface area contributed by atoms with Crippen molar-refractivity contribution in [1.82, 2.24) is 15.5 Å². The molecule has 0 rings (SSSR count). The second-order valence-electron chi connectivity index (χ2n) is 5.02. The van der Waals surface area contributed by atoms with Gasteiger partial charge in [-0.25, -0.2) is 4.79 Å². The molecule has 0 aliphatic heterocycles. The summed E-state index contributed by atoms with van der Waals surface area (Å²) in [6.07, 6.45) is -0.127. The standard InChI is InChI=1S/C11H21N3O4/c1-11(2,3)13-8(15)7-12-10(18)14(4)6-5-9(16)17/h5-7H2,1-4H3,(H,12,18)(H,13,15)(H,16,17). The molecule has 3 amide bonds. The Balaban J connectivity index is 3.95. The molecule has 7 heteroatoms. The molecule has 0 radical (unpaired) electrons. The Hall–Kier alpha value is -1.79. The van der Waals surface area contributed by atoms with E-state index in [1.807, 2.05) is 20.8 Å². The predicted molar refractivity (Wildman–Crippen MR) is 66.2 cm³/mol. The molecule has 0 aromatic rings. The van der Waals surface area contributed by atoms with Gasteiger partial charge in [0, 0.05) is 19.1 Å². The van der Waals surface area contributed by atoms with Crippen molar-refractivity contribution >= 4 is 17.9 Å². The summed E-state index contributed by atoms with van der Waals surface area (Å²) in [5, 5.41) is 13.6. The summed E-state index contributed by atoms with van der Waals surface area (Å²) in [6.45, 7) is 5.48. The van der Waals surface area contributed by atoms with E-state index in [0.717, 1.165) is 0 Å². The van der Waals surface area contributed by atoms with Crippen molar-refractivity contribution in [3.05, 3.63) is 0 Å². The molecule has 0 spiro atoms. The lowest BCUT2D eigenvalue weighted by atomic mass is 10.1. The van der Waals surface area contributed by atoms with Gasteiger partial charge in [0.05, 0.1) is 13.0 Å². The summed E-state index contributed by atoms with van der Waals surface area (Å²) in [5.74, 6) is -1.26. The van der Waals surface area contributed by atoms with Crippen molar-refractivity contribution in [3.63, 3.8) is 0 Å². The van der Waals surface area contributed by atoms with Crippen LogP contribution in [0.25, 0.3) is 0 Å². The molecule has 7 nitrogen and oxygen atoms in total. The second-order valence-corrected chi connectivity index (χ2v) is 5.02. The number of aliphatic carboxylic acids is 1. The van der Waals surface area contributed by atoms with E-state index in [0.29, 0.717) is 0 Å². The van der Waals surface area contributed by atoms with E-state index in [1.54, 1.807) is 0 Å². The van der Waals surface area contributed by atoms with Crippen molar-refractivity contribution in [3.8, 4) is 0 Å². The third-order valence-electron chi connectivity index (χ3n) is 1.92. The molecule has 0 heterocycles. The Morgan fingerprint density at radius 2 is 1.78 bits per heavy atom.